The molecule has 6 nitrogen and oxygen atoms in total. The van der Waals surface area contributed by atoms with Crippen molar-refractivity contribution in [3.63, 3.8) is 0 Å². The summed E-state index contributed by atoms with van der Waals surface area (Å²) in [4.78, 5) is -0.327. The highest BCUT2D eigenvalue weighted by Gasteiger charge is 2.49. The summed E-state index contributed by atoms with van der Waals surface area (Å²) in [7, 11) is -7.48. The predicted molar refractivity (Wildman–Crippen MR) is 87.9 cm³/mol. The Morgan fingerprint density at radius 1 is 1.00 bits per heavy atom. The lowest BCUT2D eigenvalue weighted by Gasteiger charge is -2.44. The van der Waals surface area contributed by atoms with Gasteiger partial charge >= 0.3 is 0 Å². The number of halogens is 2. The zero-order chi connectivity index (χ0) is 18.5. The van der Waals surface area contributed by atoms with Crippen molar-refractivity contribution in [1.82, 2.24) is 8.61 Å². The summed E-state index contributed by atoms with van der Waals surface area (Å²) in [6.07, 6.45) is 3.48. The lowest BCUT2D eigenvalue weighted by molar-refractivity contribution is 0.138. The van der Waals surface area contributed by atoms with E-state index >= 15 is 0 Å². The molecule has 0 bridgehead atoms. The fraction of sp³-hybridized carbons (Fsp3) is 0.600. The Hall–Kier alpha value is -1.10. The van der Waals surface area contributed by atoms with Gasteiger partial charge in [0.1, 0.15) is 0 Å². The van der Waals surface area contributed by atoms with E-state index in [-0.39, 0.29) is 18.0 Å². The first-order valence-corrected chi connectivity index (χ1v) is 11.3. The Labute approximate surface area is 146 Å². The number of rotatable bonds is 3. The van der Waals surface area contributed by atoms with Crippen molar-refractivity contribution in [3.05, 3.63) is 29.8 Å². The normalized spacial score (nSPS) is 26.4. The summed E-state index contributed by atoms with van der Waals surface area (Å²) in [6.45, 7) is 0.625. The van der Waals surface area contributed by atoms with Crippen molar-refractivity contribution < 1.29 is 25.6 Å². The number of benzene rings is 1. The first kappa shape index (κ1) is 18.7. The molecule has 0 unspecified atom stereocenters. The summed E-state index contributed by atoms with van der Waals surface area (Å²) < 4.78 is 78.9. The summed E-state index contributed by atoms with van der Waals surface area (Å²) >= 11 is 0. The highest BCUT2D eigenvalue weighted by atomic mass is 32.2. The van der Waals surface area contributed by atoms with Crippen molar-refractivity contribution in [2.45, 2.75) is 36.1 Å². The van der Waals surface area contributed by atoms with Crippen LogP contribution in [0.1, 0.15) is 25.7 Å². The highest BCUT2D eigenvalue weighted by Crippen LogP contribution is 2.40. The van der Waals surface area contributed by atoms with E-state index in [1.54, 1.807) is 0 Å². The molecule has 2 fully saturated rings. The predicted octanol–water partition coefficient (Wildman–Crippen LogP) is 1.54. The van der Waals surface area contributed by atoms with E-state index in [2.05, 4.69) is 0 Å². The van der Waals surface area contributed by atoms with Crippen LogP contribution in [0.5, 0.6) is 0 Å². The molecule has 0 N–H and O–H groups in total. The quantitative estimate of drug-likeness (QED) is 0.780. The van der Waals surface area contributed by atoms with Gasteiger partial charge in [-0.2, -0.15) is 8.61 Å². The standard InChI is InChI=1S/C15H20F2N2O4S2/c1-24(20,21)19-9-3-7-15(19)6-2-8-18(11-15)25(22,23)12-4-5-13(16)14(17)10-12/h4-5,10H,2-3,6-9,11H2,1H3/t15-/m1/s1. The van der Waals surface area contributed by atoms with Gasteiger partial charge in [-0.15, -0.1) is 0 Å². The lowest BCUT2D eigenvalue weighted by atomic mass is 9.89. The third-order valence-electron chi connectivity index (χ3n) is 4.98. The molecule has 0 radical (unpaired) electrons. The average Bonchev–Trinajstić information content (AvgIpc) is 2.93. The molecular formula is C15H20F2N2O4S2. The van der Waals surface area contributed by atoms with Gasteiger partial charge in [0.05, 0.1) is 11.2 Å². The van der Waals surface area contributed by atoms with E-state index in [0.29, 0.717) is 38.3 Å². The summed E-state index contributed by atoms with van der Waals surface area (Å²) in [5.41, 5.74) is -0.753. The third-order valence-corrected chi connectivity index (χ3v) is 8.19. The molecule has 2 saturated heterocycles. The fourth-order valence-corrected chi connectivity index (χ4v) is 6.88. The van der Waals surface area contributed by atoms with Crippen molar-refractivity contribution in [3.8, 4) is 0 Å². The Morgan fingerprint density at radius 2 is 1.64 bits per heavy atom. The fourth-order valence-electron chi connectivity index (χ4n) is 3.90. The van der Waals surface area contributed by atoms with Crippen LogP contribution in [0, 0.1) is 11.6 Å². The number of nitrogens with zero attached hydrogens (tertiary/aromatic N) is 2. The van der Waals surface area contributed by atoms with Gasteiger partial charge < -0.3 is 0 Å². The molecule has 0 aromatic heterocycles. The van der Waals surface area contributed by atoms with Gasteiger partial charge in [0.25, 0.3) is 0 Å². The van der Waals surface area contributed by atoms with Crippen LogP contribution < -0.4 is 0 Å². The SMILES string of the molecule is CS(=O)(=O)N1CCC[C@@]12CCCN(S(=O)(=O)c1ccc(F)c(F)c1)C2. The average molecular weight is 394 g/mol. The first-order chi connectivity index (χ1) is 11.6. The third kappa shape index (κ3) is 3.32. The van der Waals surface area contributed by atoms with E-state index < -0.39 is 37.2 Å². The minimum absolute atomic E-state index is 0.0292. The monoisotopic (exact) mass is 394 g/mol. The van der Waals surface area contributed by atoms with E-state index in [9.17, 15) is 25.6 Å². The summed E-state index contributed by atoms with van der Waals surface area (Å²) in [5, 5.41) is 0. The maximum Gasteiger partial charge on any atom is 0.243 e. The zero-order valence-corrected chi connectivity index (χ0v) is 15.4. The molecule has 2 aliphatic rings. The van der Waals surface area contributed by atoms with Crippen molar-refractivity contribution >= 4 is 20.0 Å². The van der Waals surface area contributed by atoms with E-state index in [1.165, 1.54) is 8.61 Å². The van der Waals surface area contributed by atoms with Crippen LogP contribution in [0.2, 0.25) is 0 Å². The van der Waals surface area contributed by atoms with Gasteiger partial charge in [-0.05, 0) is 43.9 Å². The van der Waals surface area contributed by atoms with Crippen LogP contribution >= 0.6 is 0 Å². The second kappa shape index (κ2) is 6.26. The molecule has 2 aliphatic heterocycles. The van der Waals surface area contributed by atoms with Gasteiger partial charge in [0, 0.05) is 25.2 Å². The number of hydrogen-bond donors (Lipinski definition) is 0. The minimum Gasteiger partial charge on any atom is -0.212 e. The summed E-state index contributed by atoms with van der Waals surface area (Å²) in [5.74, 6) is -2.35. The maximum atomic E-state index is 13.4. The van der Waals surface area contributed by atoms with Crippen LogP contribution in [-0.2, 0) is 20.0 Å². The molecule has 3 rings (SSSR count). The molecule has 1 spiro atoms. The van der Waals surface area contributed by atoms with Gasteiger partial charge in [-0.3, -0.25) is 0 Å². The molecular weight excluding hydrogens is 374 g/mol. The Balaban J connectivity index is 1.94. The molecule has 0 saturated carbocycles. The minimum atomic E-state index is -4.03. The second-order valence-corrected chi connectivity index (χ2v) is 10.5. The molecule has 0 amide bonds. The molecule has 2 heterocycles. The molecule has 1 atom stereocenters. The van der Waals surface area contributed by atoms with Crippen LogP contribution in [0.4, 0.5) is 8.78 Å². The smallest absolute Gasteiger partial charge is 0.212 e. The molecule has 10 heteroatoms. The van der Waals surface area contributed by atoms with Crippen LogP contribution in [-0.4, -0.2) is 56.9 Å². The Morgan fingerprint density at radius 3 is 2.24 bits per heavy atom. The van der Waals surface area contributed by atoms with Crippen molar-refractivity contribution in [1.29, 1.82) is 0 Å². The van der Waals surface area contributed by atoms with E-state index in [1.807, 2.05) is 0 Å². The number of hydrogen-bond acceptors (Lipinski definition) is 4. The lowest BCUT2D eigenvalue weighted by Crippen LogP contribution is -2.58. The number of sulfonamides is 2. The second-order valence-electron chi connectivity index (χ2n) is 6.68. The van der Waals surface area contributed by atoms with Gasteiger partial charge in [0.2, 0.25) is 20.0 Å². The zero-order valence-electron chi connectivity index (χ0n) is 13.8. The van der Waals surface area contributed by atoms with Crippen LogP contribution in [0.25, 0.3) is 0 Å². The van der Waals surface area contributed by atoms with Gasteiger partial charge in [0.15, 0.2) is 11.6 Å². The largest absolute Gasteiger partial charge is 0.243 e. The maximum absolute atomic E-state index is 13.4. The van der Waals surface area contributed by atoms with Crippen LogP contribution in [0.3, 0.4) is 0 Å². The highest BCUT2D eigenvalue weighted by molar-refractivity contribution is 7.89. The topological polar surface area (TPSA) is 74.8 Å². The molecule has 1 aromatic carbocycles. The molecule has 0 aliphatic carbocycles. The van der Waals surface area contributed by atoms with Gasteiger partial charge in [-0.1, -0.05) is 0 Å². The first-order valence-electron chi connectivity index (χ1n) is 7.99. The summed E-state index contributed by atoms with van der Waals surface area (Å²) in [6, 6.07) is 2.47. The number of piperidine rings is 1. The van der Waals surface area contributed by atoms with E-state index in [4.69, 9.17) is 0 Å². The van der Waals surface area contributed by atoms with Crippen molar-refractivity contribution in [2.24, 2.45) is 0 Å². The van der Waals surface area contributed by atoms with E-state index in [0.717, 1.165) is 18.4 Å². The molecule has 140 valence electrons. The Kier molecular flexibility index (Phi) is 4.68. The molecule has 1 aromatic rings. The molecule has 25 heavy (non-hydrogen) atoms. The van der Waals surface area contributed by atoms with Crippen molar-refractivity contribution in [2.75, 3.05) is 25.9 Å². The van der Waals surface area contributed by atoms with Gasteiger partial charge in [-0.25, -0.2) is 25.6 Å². The van der Waals surface area contributed by atoms with Crippen LogP contribution in [0.15, 0.2) is 23.1 Å². The Bertz CT molecular complexity index is 889.